The predicted octanol–water partition coefficient (Wildman–Crippen LogP) is 1.04. The van der Waals surface area contributed by atoms with Crippen LogP contribution >= 0.6 is 0 Å². The van der Waals surface area contributed by atoms with Gasteiger partial charge in [-0.15, -0.1) is 0 Å². The van der Waals surface area contributed by atoms with E-state index in [-0.39, 0.29) is 21.1 Å². The molecule has 0 aromatic carbocycles. The Labute approximate surface area is 137 Å². The van der Waals surface area contributed by atoms with Crippen LogP contribution in [0.5, 0.6) is 0 Å². The summed E-state index contributed by atoms with van der Waals surface area (Å²) < 4.78 is 0. The summed E-state index contributed by atoms with van der Waals surface area (Å²) in [5, 5.41) is 0. The van der Waals surface area contributed by atoms with Gasteiger partial charge in [0.05, 0.1) is 11.4 Å². The Balaban J connectivity index is -0.000000141. The van der Waals surface area contributed by atoms with E-state index in [1.165, 1.54) is 0 Å². The van der Waals surface area contributed by atoms with E-state index in [2.05, 4.69) is 37.1 Å². The molecule has 0 aliphatic heterocycles. The molecule has 2 aromatic rings. The van der Waals surface area contributed by atoms with Gasteiger partial charge in [-0.25, -0.2) is 0 Å². The smallest absolute Gasteiger partial charge is 0.0886 e. The maximum absolute atomic E-state index is 7.75. The van der Waals surface area contributed by atoms with E-state index in [1.54, 1.807) is 12.4 Å². The van der Waals surface area contributed by atoms with Gasteiger partial charge >= 0.3 is 0 Å². The Morgan fingerprint density at radius 2 is 0.857 bits per heavy atom. The molecular formula is C14H12N2O4W-4. The van der Waals surface area contributed by atoms with Crippen LogP contribution in [0, 0.1) is 0 Å². The third-order valence-corrected chi connectivity index (χ3v) is 1.59. The number of rotatable bonds is 1. The Hall–Kier alpha value is -2.33. The topological polar surface area (TPSA) is 94.1 Å². The van der Waals surface area contributed by atoms with E-state index in [1.807, 2.05) is 36.4 Å². The van der Waals surface area contributed by atoms with E-state index < -0.39 is 0 Å². The van der Waals surface area contributed by atoms with Gasteiger partial charge in [-0.3, -0.25) is 37.1 Å². The van der Waals surface area contributed by atoms with Gasteiger partial charge in [-0.2, -0.15) is 0 Å². The van der Waals surface area contributed by atoms with Crippen LogP contribution in [-0.2, 0) is 40.2 Å². The van der Waals surface area contributed by atoms with Gasteiger partial charge in [0.25, 0.3) is 0 Å². The van der Waals surface area contributed by atoms with Crippen LogP contribution in [0.4, 0.5) is 0 Å². The zero-order valence-corrected chi connectivity index (χ0v) is 13.8. The first-order chi connectivity index (χ1) is 9.97. The molecule has 2 heterocycles. The number of nitrogens with zero attached hydrogens (tertiary/aromatic N) is 2. The van der Waals surface area contributed by atoms with Crippen LogP contribution in [-0.4, -0.2) is 37.1 Å². The Kier molecular flexibility index (Phi) is 33.9. The molecular weight excluding hydrogens is 444 g/mol. The molecule has 0 saturated heterocycles. The fraction of sp³-hybridized carbons (Fsp3) is 0. The summed E-state index contributed by atoms with van der Waals surface area (Å²) in [5.74, 6) is 0. The summed E-state index contributed by atoms with van der Waals surface area (Å²) in [7, 11) is 0. The molecule has 0 spiro atoms. The summed E-state index contributed by atoms with van der Waals surface area (Å²) in [6.07, 6.45) is 3.54. The van der Waals surface area contributed by atoms with Gasteiger partial charge in [0, 0.05) is 33.5 Å². The molecule has 0 aliphatic rings. The second-order valence-corrected chi connectivity index (χ2v) is 2.43. The second kappa shape index (κ2) is 26.3. The monoisotopic (exact) mass is 456 g/mol. The van der Waals surface area contributed by atoms with Crippen LogP contribution in [0.3, 0.4) is 0 Å². The standard InChI is InChI=1S/C10H8N2.4CHO.W/c1-3-7-11-9(5-1)10-6-2-4-8-12-10;4*1-2;/h1-8H;4*1H;/q;4*-1;. The number of pyridine rings is 2. The molecule has 0 saturated carbocycles. The van der Waals surface area contributed by atoms with E-state index in [0.717, 1.165) is 11.4 Å². The third kappa shape index (κ3) is 13.9. The number of hydrogen-bond acceptors (Lipinski definition) is 6. The number of hydrogen-bond donors (Lipinski definition) is 0. The molecule has 2 aromatic heterocycles. The fourth-order valence-corrected chi connectivity index (χ4v) is 1.03. The quantitative estimate of drug-likeness (QED) is 0.471. The Bertz CT molecular complexity index is 372. The summed E-state index contributed by atoms with van der Waals surface area (Å²) in [6, 6.07) is 11.6. The van der Waals surface area contributed by atoms with E-state index in [9.17, 15) is 0 Å². The number of carbonyl (C=O) groups excluding carboxylic acids is 4. The summed E-state index contributed by atoms with van der Waals surface area (Å²) in [5.41, 5.74) is 1.83. The van der Waals surface area contributed by atoms with Crippen molar-refractivity contribution in [3.63, 3.8) is 0 Å². The molecule has 0 unspecified atom stereocenters. The van der Waals surface area contributed by atoms with Crippen molar-refractivity contribution < 1.29 is 40.2 Å². The Morgan fingerprint density at radius 1 is 0.571 bits per heavy atom. The van der Waals surface area contributed by atoms with E-state index in [4.69, 9.17) is 19.2 Å². The molecule has 0 aliphatic carbocycles. The maximum atomic E-state index is 7.75. The van der Waals surface area contributed by atoms with E-state index >= 15 is 0 Å². The molecule has 0 atom stereocenters. The Morgan fingerprint density at radius 3 is 1.05 bits per heavy atom. The van der Waals surface area contributed by atoms with Crippen molar-refractivity contribution in [3.05, 3.63) is 48.8 Å². The van der Waals surface area contributed by atoms with Crippen molar-refractivity contribution >= 4 is 27.2 Å². The van der Waals surface area contributed by atoms with Crippen molar-refractivity contribution in [1.29, 1.82) is 0 Å². The van der Waals surface area contributed by atoms with Crippen LogP contribution in [0.15, 0.2) is 48.8 Å². The first-order valence-electron chi connectivity index (χ1n) is 4.73. The van der Waals surface area contributed by atoms with Crippen molar-refractivity contribution in [3.8, 4) is 11.4 Å². The molecule has 112 valence electrons. The number of aromatic nitrogens is 2. The second-order valence-electron chi connectivity index (χ2n) is 2.43. The van der Waals surface area contributed by atoms with Gasteiger partial charge in [-0.1, -0.05) is 12.1 Å². The van der Waals surface area contributed by atoms with Gasteiger partial charge in [0.2, 0.25) is 0 Å². The van der Waals surface area contributed by atoms with Crippen LogP contribution in [0.2, 0.25) is 0 Å². The SMILES string of the molecule is [CH-]=O.[CH-]=O.[CH-]=O.[CH-]=O.[W].c1ccc(-c2ccccn2)nc1. The third-order valence-electron chi connectivity index (χ3n) is 1.59. The molecule has 0 amide bonds. The van der Waals surface area contributed by atoms with Crippen molar-refractivity contribution in [2.45, 2.75) is 0 Å². The van der Waals surface area contributed by atoms with Gasteiger partial charge in [-0.05, 0) is 24.3 Å². The zero-order valence-electron chi connectivity index (χ0n) is 10.9. The first-order valence-corrected chi connectivity index (χ1v) is 4.73. The summed E-state index contributed by atoms with van der Waals surface area (Å²) in [6.45, 7) is 13.0. The molecule has 7 heteroatoms. The molecule has 2 rings (SSSR count). The maximum Gasteiger partial charge on any atom is 0.0886 e. The van der Waals surface area contributed by atoms with Crippen LogP contribution in [0.1, 0.15) is 0 Å². The van der Waals surface area contributed by atoms with Crippen LogP contribution in [0.25, 0.3) is 11.4 Å². The minimum Gasteiger partial charge on any atom is -0.545 e. The normalized spacial score (nSPS) is 6.29. The van der Waals surface area contributed by atoms with Crippen molar-refractivity contribution in [2.75, 3.05) is 0 Å². The van der Waals surface area contributed by atoms with Crippen LogP contribution < -0.4 is 0 Å². The molecule has 0 N–H and O–H groups in total. The first kappa shape index (κ1) is 27.1. The predicted molar refractivity (Wildman–Crippen MR) is 74.5 cm³/mol. The molecule has 6 nitrogen and oxygen atoms in total. The largest absolute Gasteiger partial charge is 0.545 e. The fourth-order valence-electron chi connectivity index (χ4n) is 1.03. The zero-order chi connectivity index (χ0) is 16.2. The van der Waals surface area contributed by atoms with Gasteiger partial charge in [0.15, 0.2) is 0 Å². The average Bonchev–Trinajstić information content (AvgIpc) is 2.63. The summed E-state index contributed by atoms with van der Waals surface area (Å²) in [4.78, 5) is 39.4. The molecule has 0 fully saturated rings. The van der Waals surface area contributed by atoms with Crippen molar-refractivity contribution in [2.24, 2.45) is 0 Å². The van der Waals surface area contributed by atoms with Gasteiger partial charge in [0.1, 0.15) is 0 Å². The molecule has 21 heavy (non-hydrogen) atoms. The van der Waals surface area contributed by atoms with Crippen molar-refractivity contribution in [1.82, 2.24) is 9.97 Å². The molecule has 0 radical (unpaired) electrons. The minimum atomic E-state index is 0. The molecule has 0 bridgehead atoms. The summed E-state index contributed by atoms with van der Waals surface area (Å²) >= 11 is 0. The van der Waals surface area contributed by atoms with E-state index in [0.29, 0.717) is 0 Å². The average molecular weight is 456 g/mol. The minimum absolute atomic E-state index is 0. The van der Waals surface area contributed by atoms with Gasteiger partial charge < -0.3 is 19.2 Å².